The van der Waals surface area contributed by atoms with Crippen LogP contribution in [0.2, 0.25) is 0 Å². The Morgan fingerprint density at radius 3 is 2.29 bits per heavy atom. The zero-order valence-corrected chi connectivity index (χ0v) is 15.1. The average molecular weight is 339 g/mol. The van der Waals surface area contributed by atoms with Crippen LogP contribution in [-0.2, 0) is 6.54 Å². The van der Waals surface area contributed by atoms with Gasteiger partial charge in [-0.15, -0.1) is 11.3 Å². The molecule has 0 unspecified atom stereocenters. The maximum atomic E-state index is 4.86. The lowest BCUT2D eigenvalue weighted by molar-refractivity contribution is -0.858. The maximum Gasteiger partial charge on any atom is 0.190 e. The number of aromatic nitrogens is 1. The zero-order chi connectivity index (χ0) is 16.8. The molecule has 1 heterocycles. The van der Waals surface area contributed by atoms with E-state index in [4.69, 9.17) is 4.99 Å². The standard InChI is InChI=1S/C20H23N3S/c1-22(2)14-9-15-23-19(17-10-5-3-6-11-17)16-24-20(23)21-18-12-7-4-8-13-18/h3-8,10-13,16H,9,14-15H2,1-2H3/p+1. The van der Waals surface area contributed by atoms with E-state index < -0.39 is 0 Å². The summed E-state index contributed by atoms with van der Waals surface area (Å²) >= 11 is 1.71. The predicted molar refractivity (Wildman–Crippen MR) is 102 cm³/mol. The van der Waals surface area contributed by atoms with Gasteiger partial charge < -0.3 is 9.47 Å². The molecule has 0 amide bonds. The first kappa shape index (κ1) is 16.7. The van der Waals surface area contributed by atoms with Crippen LogP contribution in [0.15, 0.2) is 71.0 Å². The Kier molecular flexibility index (Phi) is 5.62. The third-order valence-corrected chi connectivity index (χ3v) is 4.77. The van der Waals surface area contributed by atoms with Gasteiger partial charge in [0.15, 0.2) is 4.80 Å². The molecule has 3 nitrogen and oxygen atoms in total. The largest absolute Gasteiger partial charge is 0.340 e. The van der Waals surface area contributed by atoms with E-state index in [9.17, 15) is 0 Å². The molecule has 0 saturated carbocycles. The molecular formula is C20H24N3S+. The summed E-state index contributed by atoms with van der Waals surface area (Å²) in [6, 6.07) is 20.8. The van der Waals surface area contributed by atoms with Crippen LogP contribution in [0.5, 0.6) is 0 Å². The summed E-state index contributed by atoms with van der Waals surface area (Å²) in [7, 11) is 4.40. The van der Waals surface area contributed by atoms with Gasteiger partial charge in [-0.25, -0.2) is 4.99 Å². The Morgan fingerprint density at radius 1 is 0.958 bits per heavy atom. The molecule has 0 atom stereocenters. The number of hydrogen-bond donors (Lipinski definition) is 1. The van der Waals surface area contributed by atoms with Gasteiger partial charge in [0.25, 0.3) is 0 Å². The fourth-order valence-electron chi connectivity index (χ4n) is 2.68. The van der Waals surface area contributed by atoms with Gasteiger partial charge in [-0.05, 0) is 17.7 Å². The minimum absolute atomic E-state index is 0.991. The van der Waals surface area contributed by atoms with Crippen LogP contribution in [-0.4, -0.2) is 25.2 Å². The van der Waals surface area contributed by atoms with Crippen LogP contribution in [0.3, 0.4) is 0 Å². The topological polar surface area (TPSA) is 21.7 Å². The fourth-order valence-corrected chi connectivity index (χ4v) is 3.63. The first-order valence-electron chi connectivity index (χ1n) is 8.36. The average Bonchev–Trinajstić information content (AvgIpc) is 2.99. The lowest BCUT2D eigenvalue weighted by Crippen LogP contribution is -3.05. The molecule has 1 aromatic heterocycles. The summed E-state index contributed by atoms with van der Waals surface area (Å²) in [5, 5.41) is 2.22. The maximum absolute atomic E-state index is 4.86. The predicted octanol–water partition coefficient (Wildman–Crippen LogP) is 2.98. The summed E-state index contributed by atoms with van der Waals surface area (Å²) in [5.41, 5.74) is 3.51. The molecule has 124 valence electrons. The quantitative estimate of drug-likeness (QED) is 0.714. The number of rotatable bonds is 6. The highest BCUT2D eigenvalue weighted by Gasteiger charge is 2.08. The number of para-hydroxylation sites is 1. The van der Waals surface area contributed by atoms with Gasteiger partial charge in [-0.2, -0.15) is 0 Å². The van der Waals surface area contributed by atoms with Crippen LogP contribution >= 0.6 is 11.3 Å². The molecule has 24 heavy (non-hydrogen) atoms. The molecular weight excluding hydrogens is 314 g/mol. The molecule has 0 saturated heterocycles. The number of thiazole rings is 1. The summed E-state index contributed by atoms with van der Waals surface area (Å²) in [6.45, 7) is 2.15. The molecule has 0 aliphatic heterocycles. The third-order valence-electron chi connectivity index (χ3n) is 3.91. The second-order valence-corrected chi connectivity index (χ2v) is 7.02. The molecule has 4 heteroatoms. The van der Waals surface area contributed by atoms with Gasteiger partial charge in [-0.1, -0.05) is 48.5 Å². The van der Waals surface area contributed by atoms with E-state index in [0.29, 0.717) is 0 Å². The van der Waals surface area contributed by atoms with Crippen LogP contribution in [0.1, 0.15) is 6.42 Å². The Balaban J connectivity index is 1.99. The summed E-state index contributed by atoms with van der Waals surface area (Å²) < 4.78 is 2.36. The highest BCUT2D eigenvalue weighted by atomic mass is 32.1. The summed E-state index contributed by atoms with van der Waals surface area (Å²) in [5.74, 6) is 0. The Hall–Kier alpha value is -2.17. The molecule has 0 radical (unpaired) electrons. The van der Waals surface area contributed by atoms with Gasteiger partial charge in [0.05, 0.1) is 32.0 Å². The number of quaternary nitrogens is 1. The third kappa shape index (κ3) is 4.22. The lowest BCUT2D eigenvalue weighted by atomic mass is 10.2. The van der Waals surface area contributed by atoms with Crippen molar-refractivity contribution in [1.82, 2.24) is 4.57 Å². The van der Waals surface area contributed by atoms with Crippen molar-refractivity contribution >= 4 is 17.0 Å². The Morgan fingerprint density at radius 2 is 1.62 bits per heavy atom. The Bertz CT molecular complexity index is 817. The van der Waals surface area contributed by atoms with Crippen molar-refractivity contribution in [1.29, 1.82) is 0 Å². The van der Waals surface area contributed by atoms with Crippen molar-refractivity contribution in [2.45, 2.75) is 13.0 Å². The number of benzene rings is 2. The van der Waals surface area contributed by atoms with Crippen molar-refractivity contribution in [2.24, 2.45) is 4.99 Å². The van der Waals surface area contributed by atoms with E-state index in [0.717, 1.165) is 30.0 Å². The summed E-state index contributed by atoms with van der Waals surface area (Å²) in [4.78, 5) is 7.40. The van der Waals surface area contributed by atoms with Crippen LogP contribution in [0.4, 0.5) is 5.69 Å². The van der Waals surface area contributed by atoms with E-state index in [1.165, 1.54) is 16.2 Å². The van der Waals surface area contributed by atoms with Crippen LogP contribution in [0, 0.1) is 0 Å². The molecule has 0 spiro atoms. The van der Waals surface area contributed by atoms with E-state index in [2.05, 4.69) is 66.5 Å². The van der Waals surface area contributed by atoms with E-state index in [1.807, 2.05) is 18.2 Å². The second kappa shape index (κ2) is 8.08. The number of nitrogens with one attached hydrogen (secondary N) is 1. The molecule has 0 aliphatic carbocycles. The summed E-state index contributed by atoms with van der Waals surface area (Å²) in [6.07, 6.45) is 1.14. The lowest BCUT2D eigenvalue weighted by Gasteiger charge is -2.11. The monoisotopic (exact) mass is 338 g/mol. The second-order valence-electron chi connectivity index (χ2n) is 6.18. The minimum Gasteiger partial charge on any atom is -0.340 e. The molecule has 2 aromatic carbocycles. The highest BCUT2D eigenvalue weighted by Crippen LogP contribution is 2.20. The van der Waals surface area contributed by atoms with Crippen molar-refractivity contribution in [3.8, 4) is 11.3 Å². The van der Waals surface area contributed by atoms with Gasteiger partial charge in [0.1, 0.15) is 0 Å². The van der Waals surface area contributed by atoms with Gasteiger partial charge in [0, 0.05) is 18.3 Å². The smallest absolute Gasteiger partial charge is 0.190 e. The molecule has 3 rings (SSSR count). The first-order valence-corrected chi connectivity index (χ1v) is 9.24. The molecule has 0 fully saturated rings. The fraction of sp³-hybridized carbons (Fsp3) is 0.250. The van der Waals surface area contributed by atoms with E-state index in [1.54, 1.807) is 11.3 Å². The van der Waals surface area contributed by atoms with Crippen LogP contribution in [0.25, 0.3) is 11.3 Å². The number of nitrogens with zero attached hydrogens (tertiary/aromatic N) is 2. The van der Waals surface area contributed by atoms with Gasteiger partial charge in [0.2, 0.25) is 0 Å². The molecule has 1 N–H and O–H groups in total. The number of hydrogen-bond acceptors (Lipinski definition) is 2. The van der Waals surface area contributed by atoms with E-state index >= 15 is 0 Å². The Labute approximate surface area is 147 Å². The van der Waals surface area contributed by atoms with Crippen molar-refractivity contribution in [2.75, 3.05) is 20.6 Å². The normalized spacial score (nSPS) is 12.0. The molecule has 3 aromatic rings. The van der Waals surface area contributed by atoms with Crippen molar-refractivity contribution < 1.29 is 4.90 Å². The van der Waals surface area contributed by atoms with Crippen molar-refractivity contribution in [3.63, 3.8) is 0 Å². The molecule has 0 bridgehead atoms. The first-order chi connectivity index (χ1) is 11.7. The molecule has 0 aliphatic rings. The SMILES string of the molecule is C[NH+](C)CCCn1c(-c2ccccc2)csc1=Nc1ccccc1. The highest BCUT2D eigenvalue weighted by molar-refractivity contribution is 7.07. The van der Waals surface area contributed by atoms with Gasteiger partial charge >= 0.3 is 0 Å². The van der Waals surface area contributed by atoms with E-state index in [-0.39, 0.29) is 0 Å². The van der Waals surface area contributed by atoms with Gasteiger partial charge in [-0.3, -0.25) is 0 Å². The minimum atomic E-state index is 0.991. The van der Waals surface area contributed by atoms with Crippen LogP contribution < -0.4 is 9.70 Å². The zero-order valence-electron chi connectivity index (χ0n) is 14.3. The van der Waals surface area contributed by atoms with Crippen molar-refractivity contribution in [3.05, 3.63) is 70.8 Å².